The molecule has 3 nitrogen and oxygen atoms in total. The largest absolute Gasteiger partial charge is 0.494 e. The number of nitrogens with one attached hydrogen (secondary N) is 1. The molecule has 1 aromatic carbocycles. The number of anilines is 1. The van der Waals surface area contributed by atoms with Crippen LogP contribution in [0.2, 0.25) is 0 Å². The monoisotopic (exact) mass is 303 g/mol. The lowest BCUT2D eigenvalue weighted by Crippen LogP contribution is -2.15. The van der Waals surface area contributed by atoms with Crippen molar-refractivity contribution in [1.82, 2.24) is 0 Å². The van der Waals surface area contributed by atoms with Crippen LogP contribution in [0.4, 0.5) is 5.69 Å². The van der Waals surface area contributed by atoms with Gasteiger partial charge in [0.05, 0.1) is 6.61 Å². The average molecular weight is 303 g/mol. The summed E-state index contributed by atoms with van der Waals surface area (Å²) >= 11 is 0. The zero-order valence-corrected chi connectivity index (χ0v) is 13.8. The van der Waals surface area contributed by atoms with Gasteiger partial charge in [-0.25, -0.2) is 0 Å². The number of unbranched alkanes of at least 4 members (excludes halogenated alkanes) is 3. The van der Waals surface area contributed by atoms with Crippen LogP contribution in [0.25, 0.3) is 0 Å². The van der Waals surface area contributed by atoms with Gasteiger partial charge in [0.25, 0.3) is 0 Å². The molecule has 22 heavy (non-hydrogen) atoms. The van der Waals surface area contributed by atoms with E-state index in [-0.39, 0.29) is 5.91 Å². The van der Waals surface area contributed by atoms with Gasteiger partial charge in [-0.15, -0.1) is 0 Å². The van der Waals surface area contributed by atoms with Gasteiger partial charge >= 0.3 is 0 Å². The Labute approximate surface area is 134 Å². The lowest BCUT2D eigenvalue weighted by atomic mass is 10.0. The maximum atomic E-state index is 12.0. The first kappa shape index (κ1) is 16.9. The minimum Gasteiger partial charge on any atom is -0.494 e. The van der Waals surface area contributed by atoms with Crippen LogP contribution in [0.3, 0.4) is 0 Å². The number of amides is 1. The molecular weight excluding hydrogens is 274 g/mol. The van der Waals surface area contributed by atoms with Crippen molar-refractivity contribution in [3.8, 4) is 5.75 Å². The third-order valence-electron chi connectivity index (χ3n) is 4.35. The summed E-state index contributed by atoms with van der Waals surface area (Å²) in [6, 6.07) is 7.72. The predicted molar refractivity (Wildman–Crippen MR) is 91.3 cm³/mol. The number of carbonyl (C=O) groups is 1. The molecule has 0 radical (unpaired) electrons. The Morgan fingerprint density at radius 1 is 1.14 bits per heavy atom. The van der Waals surface area contributed by atoms with Crippen LogP contribution < -0.4 is 10.1 Å². The lowest BCUT2D eigenvalue weighted by Gasteiger charge is -2.10. The molecule has 3 heteroatoms. The normalized spacial score (nSPS) is 15.0. The Balaban J connectivity index is 1.68. The van der Waals surface area contributed by atoms with E-state index in [2.05, 4.69) is 12.2 Å². The highest BCUT2D eigenvalue weighted by Gasteiger charge is 2.18. The number of hydrogen-bond donors (Lipinski definition) is 1. The Morgan fingerprint density at radius 3 is 2.55 bits per heavy atom. The minimum atomic E-state index is 0.139. The summed E-state index contributed by atoms with van der Waals surface area (Å²) in [5.74, 6) is 1.61. The molecule has 1 aromatic rings. The Kier molecular flexibility index (Phi) is 7.27. The summed E-state index contributed by atoms with van der Waals surface area (Å²) in [5.41, 5.74) is 0.862. The van der Waals surface area contributed by atoms with Crippen LogP contribution in [0.15, 0.2) is 24.3 Å². The zero-order valence-electron chi connectivity index (χ0n) is 13.8. The predicted octanol–water partition coefficient (Wildman–Crippen LogP) is 5.16. The Hall–Kier alpha value is -1.51. The summed E-state index contributed by atoms with van der Waals surface area (Å²) in [4.78, 5) is 12.0. The van der Waals surface area contributed by atoms with Crippen LogP contribution in [0, 0.1) is 5.92 Å². The van der Waals surface area contributed by atoms with Gasteiger partial charge in [0.2, 0.25) is 5.91 Å². The lowest BCUT2D eigenvalue weighted by molar-refractivity contribution is -0.117. The van der Waals surface area contributed by atoms with Crippen molar-refractivity contribution in [3.63, 3.8) is 0 Å². The molecule has 0 spiro atoms. The molecule has 122 valence electrons. The SMILES string of the molecule is CCCCCCOc1ccc(NC(=O)CC2CCCC2)cc1. The third-order valence-corrected chi connectivity index (χ3v) is 4.35. The standard InChI is InChI=1S/C19H29NO2/c1-2-3-4-7-14-22-18-12-10-17(11-13-18)20-19(21)15-16-8-5-6-9-16/h10-13,16H,2-9,14-15H2,1H3,(H,20,21). The van der Waals surface area contributed by atoms with E-state index < -0.39 is 0 Å². The van der Waals surface area contributed by atoms with E-state index in [4.69, 9.17) is 4.74 Å². The summed E-state index contributed by atoms with van der Waals surface area (Å²) in [6.07, 6.45) is 10.5. The van der Waals surface area contributed by atoms with E-state index in [0.29, 0.717) is 12.3 Å². The van der Waals surface area contributed by atoms with Crippen LogP contribution in [-0.4, -0.2) is 12.5 Å². The molecule has 1 saturated carbocycles. The summed E-state index contributed by atoms with van der Waals surface area (Å²) in [5, 5.41) is 2.99. The van der Waals surface area contributed by atoms with Crippen molar-refractivity contribution in [1.29, 1.82) is 0 Å². The zero-order chi connectivity index (χ0) is 15.6. The van der Waals surface area contributed by atoms with Gasteiger partial charge in [0.1, 0.15) is 5.75 Å². The highest BCUT2D eigenvalue weighted by molar-refractivity contribution is 5.90. The fourth-order valence-corrected chi connectivity index (χ4v) is 3.04. The molecule has 0 aromatic heterocycles. The summed E-state index contributed by atoms with van der Waals surface area (Å²) < 4.78 is 5.71. The molecule has 1 aliphatic rings. The Morgan fingerprint density at radius 2 is 1.86 bits per heavy atom. The van der Waals surface area contributed by atoms with E-state index in [0.717, 1.165) is 24.5 Å². The van der Waals surface area contributed by atoms with Crippen molar-refractivity contribution >= 4 is 11.6 Å². The van der Waals surface area contributed by atoms with Gasteiger partial charge in [0, 0.05) is 12.1 Å². The molecule has 0 bridgehead atoms. The molecule has 1 amide bonds. The van der Waals surface area contributed by atoms with E-state index >= 15 is 0 Å². The molecule has 1 fully saturated rings. The van der Waals surface area contributed by atoms with Crippen LogP contribution in [-0.2, 0) is 4.79 Å². The van der Waals surface area contributed by atoms with Gasteiger partial charge in [0.15, 0.2) is 0 Å². The second kappa shape index (κ2) is 9.50. The van der Waals surface area contributed by atoms with Crippen molar-refractivity contribution in [2.24, 2.45) is 5.92 Å². The first-order valence-electron chi connectivity index (χ1n) is 8.80. The number of ether oxygens (including phenoxy) is 1. The van der Waals surface area contributed by atoms with Crippen molar-refractivity contribution < 1.29 is 9.53 Å². The molecule has 1 aliphatic carbocycles. The van der Waals surface area contributed by atoms with E-state index in [1.54, 1.807) is 0 Å². The number of rotatable bonds is 9. The number of benzene rings is 1. The van der Waals surface area contributed by atoms with Crippen molar-refractivity contribution in [2.75, 3.05) is 11.9 Å². The Bertz CT molecular complexity index is 435. The highest BCUT2D eigenvalue weighted by Crippen LogP contribution is 2.28. The van der Waals surface area contributed by atoms with Gasteiger partial charge in [-0.1, -0.05) is 39.0 Å². The minimum absolute atomic E-state index is 0.139. The molecule has 1 N–H and O–H groups in total. The highest BCUT2D eigenvalue weighted by atomic mass is 16.5. The first-order chi connectivity index (χ1) is 10.8. The van der Waals surface area contributed by atoms with Gasteiger partial charge < -0.3 is 10.1 Å². The first-order valence-corrected chi connectivity index (χ1v) is 8.80. The summed E-state index contributed by atoms with van der Waals surface area (Å²) in [7, 11) is 0. The molecule has 0 heterocycles. The van der Waals surface area contributed by atoms with Crippen LogP contribution in [0.1, 0.15) is 64.7 Å². The molecule has 2 rings (SSSR count). The molecule has 0 aliphatic heterocycles. The van der Waals surface area contributed by atoms with E-state index in [1.165, 1.54) is 44.9 Å². The van der Waals surface area contributed by atoms with E-state index in [1.807, 2.05) is 24.3 Å². The third kappa shape index (κ3) is 6.08. The van der Waals surface area contributed by atoms with Gasteiger partial charge in [-0.05, 0) is 49.4 Å². The number of carbonyl (C=O) groups excluding carboxylic acids is 1. The fourth-order valence-electron chi connectivity index (χ4n) is 3.04. The van der Waals surface area contributed by atoms with Gasteiger partial charge in [-0.2, -0.15) is 0 Å². The maximum Gasteiger partial charge on any atom is 0.224 e. The summed E-state index contributed by atoms with van der Waals surface area (Å²) in [6.45, 7) is 2.98. The maximum absolute atomic E-state index is 12.0. The fraction of sp³-hybridized carbons (Fsp3) is 0.632. The van der Waals surface area contributed by atoms with Crippen molar-refractivity contribution in [3.05, 3.63) is 24.3 Å². The second-order valence-corrected chi connectivity index (χ2v) is 6.34. The smallest absolute Gasteiger partial charge is 0.224 e. The molecule has 0 atom stereocenters. The average Bonchev–Trinajstić information content (AvgIpc) is 3.01. The molecular formula is C19H29NO2. The van der Waals surface area contributed by atoms with E-state index in [9.17, 15) is 4.79 Å². The van der Waals surface area contributed by atoms with Crippen LogP contribution >= 0.6 is 0 Å². The van der Waals surface area contributed by atoms with Gasteiger partial charge in [-0.3, -0.25) is 4.79 Å². The topological polar surface area (TPSA) is 38.3 Å². The molecule has 0 unspecified atom stereocenters. The van der Waals surface area contributed by atoms with Crippen LogP contribution in [0.5, 0.6) is 5.75 Å². The second-order valence-electron chi connectivity index (χ2n) is 6.34. The quantitative estimate of drug-likeness (QED) is 0.639. The van der Waals surface area contributed by atoms with Crippen molar-refractivity contribution in [2.45, 2.75) is 64.7 Å². The molecule has 0 saturated heterocycles. The number of hydrogen-bond acceptors (Lipinski definition) is 2.